The number of pyridine rings is 1. The maximum atomic E-state index is 13.6. The number of rotatable bonds is 6. The first-order chi connectivity index (χ1) is 15.5. The third-order valence-corrected chi connectivity index (χ3v) is 4.97. The van der Waals surface area contributed by atoms with Crippen LogP contribution in [-0.4, -0.2) is 25.9 Å². The highest BCUT2D eigenvalue weighted by Gasteiger charge is 2.35. The SMILES string of the molecule is Cc1oc(-c2ccc(OC(C)C)cc2)nc1COc1cc(C(F)(F)F)c2c(C)nn(C)c2n1. The number of hydrogen-bond acceptors (Lipinski definition) is 6. The number of aromatic nitrogens is 4. The van der Waals surface area contributed by atoms with Gasteiger partial charge in [0.25, 0.3) is 0 Å². The van der Waals surface area contributed by atoms with Gasteiger partial charge in [-0.3, -0.25) is 4.68 Å². The molecule has 33 heavy (non-hydrogen) atoms. The number of oxazole rings is 1. The molecule has 0 aliphatic rings. The zero-order valence-electron chi connectivity index (χ0n) is 18.8. The molecule has 0 amide bonds. The summed E-state index contributed by atoms with van der Waals surface area (Å²) in [7, 11) is 1.54. The molecule has 10 heteroatoms. The van der Waals surface area contributed by atoms with Crippen LogP contribution in [0.5, 0.6) is 11.6 Å². The Balaban J connectivity index is 1.58. The van der Waals surface area contributed by atoms with Gasteiger partial charge < -0.3 is 13.9 Å². The lowest BCUT2D eigenvalue weighted by atomic mass is 10.1. The second-order valence-electron chi connectivity index (χ2n) is 7.91. The van der Waals surface area contributed by atoms with E-state index in [1.165, 1.54) is 18.7 Å². The van der Waals surface area contributed by atoms with Gasteiger partial charge >= 0.3 is 6.18 Å². The number of benzene rings is 1. The molecule has 3 heterocycles. The predicted octanol–water partition coefficient (Wildman–Crippen LogP) is 5.63. The highest BCUT2D eigenvalue weighted by atomic mass is 19.4. The van der Waals surface area contributed by atoms with E-state index in [1.54, 1.807) is 6.92 Å². The fourth-order valence-electron chi connectivity index (χ4n) is 3.50. The van der Waals surface area contributed by atoms with Gasteiger partial charge in [0.1, 0.15) is 23.8 Å². The van der Waals surface area contributed by atoms with Crippen molar-refractivity contribution in [3.05, 3.63) is 53.0 Å². The van der Waals surface area contributed by atoms with Crippen LogP contribution in [0.2, 0.25) is 0 Å². The molecule has 0 aliphatic heterocycles. The first-order valence-corrected chi connectivity index (χ1v) is 10.3. The Bertz CT molecular complexity index is 1290. The zero-order chi connectivity index (χ0) is 23.9. The van der Waals surface area contributed by atoms with Crippen LogP contribution in [0.15, 0.2) is 34.7 Å². The van der Waals surface area contributed by atoms with E-state index < -0.39 is 11.7 Å². The Labute approximate surface area is 188 Å². The van der Waals surface area contributed by atoms with Crippen molar-refractivity contribution in [1.82, 2.24) is 19.7 Å². The number of hydrogen-bond donors (Lipinski definition) is 0. The lowest BCUT2D eigenvalue weighted by Gasteiger charge is -2.11. The minimum Gasteiger partial charge on any atom is -0.491 e. The molecule has 0 radical (unpaired) electrons. The number of aryl methyl sites for hydroxylation is 3. The van der Waals surface area contributed by atoms with E-state index in [4.69, 9.17) is 13.9 Å². The standard InChI is InChI=1S/C23H23F3N4O3/c1-12(2)32-16-8-6-15(7-9-16)22-27-18(14(4)33-22)11-31-19-10-17(23(24,25)26)20-13(3)29-30(5)21(20)28-19/h6-10,12H,11H2,1-5H3. The molecular formula is C23H23F3N4O3. The smallest absolute Gasteiger partial charge is 0.417 e. The average molecular weight is 460 g/mol. The highest BCUT2D eigenvalue weighted by molar-refractivity contribution is 5.83. The van der Waals surface area contributed by atoms with E-state index in [0.717, 1.165) is 17.4 Å². The lowest BCUT2D eigenvalue weighted by Crippen LogP contribution is -2.09. The van der Waals surface area contributed by atoms with E-state index >= 15 is 0 Å². The molecule has 3 aromatic heterocycles. The van der Waals surface area contributed by atoms with Gasteiger partial charge in [0.2, 0.25) is 11.8 Å². The normalized spacial score (nSPS) is 12.0. The van der Waals surface area contributed by atoms with Crippen LogP contribution in [0.3, 0.4) is 0 Å². The molecule has 0 aliphatic carbocycles. The zero-order valence-corrected chi connectivity index (χ0v) is 18.8. The van der Waals surface area contributed by atoms with E-state index in [2.05, 4.69) is 15.1 Å². The van der Waals surface area contributed by atoms with Gasteiger partial charge in [-0.25, -0.2) is 4.98 Å². The first kappa shape index (κ1) is 22.6. The molecule has 0 spiro atoms. The summed E-state index contributed by atoms with van der Waals surface area (Å²) in [5.74, 6) is 1.44. The number of nitrogens with zero attached hydrogens (tertiary/aromatic N) is 4. The Morgan fingerprint density at radius 2 is 1.79 bits per heavy atom. The van der Waals surface area contributed by atoms with Crippen LogP contribution >= 0.6 is 0 Å². The van der Waals surface area contributed by atoms with Gasteiger partial charge in [0, 0.05) is 18.7 Å². The van der Waals surface area contributed by atoms with Crippen LogP contribution in [0.25, 0.3) is 22.5 Å². The van der Waals surface area contributed by atoms with Gasteiger partial charge in [-0.2, -0.15) is 23.3 Å². The lowest BCUT2D eigenvalue weighted by molar-refractivity contribution is -0.136. The van der Waals surface area contributed by atoms with Crippen LogP contribution in [0, 0.1) is 13.8 Å². The van der Waals surface area contributed by atoms with E-state index in [-0.39, 0.29) is 35.3 Å². The minimum atomic E-state index is -4.57. The van der Waals surface area contributed by atoms with Crippen molar-refractivity contribution in [2.24, 2.45) is 7.05 Å². The van der Waals surface area contributed by atoms with Crippen LogP contribution in [-0.2, 0) is 19.8 Å². The third-order valence-electron chi connectivity index (χ3n) is 4.97. The van der Waals surface area contributed by atoms with E-state index in [0.29, 0.717) is 17.3 Å². The largest absolute Gasteiger partial charge is 0.491 e. The molecule has 4 aromatic rings. The van der Waals surface area contributed by atoms with Crippen molar-refractivity contribution in [3.8, 4) is 23.1 Å². The molecule has 0 unspecified atom stereocenters. The second kappa shape index (κ2) is 8.42. The molecule has 0 fully saturated rings. The van der Waals surface area contributed by atoms with E-state index in [9.17, 15) is 13.2 Å². The second-order valence-corrected chi connectivity index (χ2v) is 7.91. The molecule has 0 atom stereocenters. The molecule has 0 saturated carbocycles. The number of alkyl halides is 3. The molecular weight excluding hydrogens is 437 g/mol. The summed E-state index contributed by atoms with van der Waals surface area (Å²) in [5.41, 5.74) is 0.711. The van der Waals surface area contributed by atoms with Gasteiger partial charge in [0.15, 0.2) is 5.65 Å². The maximum absolute atomic E-state index is 13.6. The Morgan fingerprint density at radius 1 is 1.09 bits per heavy atom. The minimum absolute atomic E-state index is 0.0397. The fourth-order valence-corrected chi connectivity index (χ4v) is 3.50. The molecule has 0 saturated heterocycles. The molecule has 174 valence electrons. The van der Waals surface area contributed by atoms with Crippen molar-refractivity contribution in [3.63, 3.8) is 0 Å². The molecule has 0 N–H and O–H groups in total. The molecule has 4 rings (SSSR count). The summed E-state index contributed by atoms with van der Waals surface area (Å²) in [6.45, 7) is 7.01. The number of halogens is 3. The summed E-state index contributed by atoms with van der Waals surface area (Å²) in [5, 5.41) is 4.02. The van der Waals surface area contributed by atoms with Crippen LogP contribution < -0.4 is 9.47 Å². The van der Waals surface area contributed by atoms with Crippen molar-refractivity contribution >= 4 is 11.0 Å². The first-order valence-electron chi connectivity index (χ1n) is 10.3. The van der Waals surface area contributed by atoms with Gasteiger partial charge in [-0.15, -0.1) is 0 Å². The summed E-state index contributed by atoms with van der Waals surface area (Å²) in [6.07, 6.45) is -4.51. The van der Waals surface area contributed by atoms with Crippen molar-refractivity contribution in [1.29, 1.82) is 0 Å². The summed E-state index contributed by atoms with van der Waals surface area (Å²) < 4.78 is 59.2. The quantitative estimate of drug-likeness (QED) is 0.372. The average Bonchev–Trinajstić information content (AvgIpc) is 3.24. The monoisotopic (exact) mass is 460 g/mol. The topological polar surface area (TPSA) is 75.2 Å². The molecule has 7 nitrogen and oxygen atoms in total. The highest BCUT2D eigenvalue weighted by Crippen LogP contribution is 2.37. The summed E-state index contributed by atoms with van der Waals surface area (Å²) in [4.78, 5) is 8.66. The van der Waals surface area contributed by atoms with Crippen molar-refractivity contribution in [2.75, 3.05) is 0 Å². The fraction of sp³-hybridized carbons (Fsp3) is 0.348. The summed E-state index contributed by atoms with van der Waals surface area (Å²) >= 11 is 0. The Hall–Kier alpha value is -3.56. The maximum Gasteiger partial charge on any atom is 0.417 e. The van der Waals surface area contributed by atoms with E-state index in [1.807, 2.05) is 38.1 Å². The van der Waals surface area contributed by atoms with Crippen molar-refractivity contribution in [2.45, 2.75) is 46.6 Å². The molecule has 0 bridgehead atoms. The number of ether oxygens (including phenoxy) is 2. The summed E-state index contributed by atoms with van der Waals surface area (Å²) in [6, 6.07) is 8.17. The van der Waals surface area contributed by atoms with Crippen LogP contribution in [0.4, 0.5) is 13.2 Å². The van der Waals surface area contributed by atoms with Gasteiger partial charge in [0.05, 0.1) is 22.7 Å². The van der Waals surface area contributed by atoms with Crippen molar-refractivity contribution < 1.29 is 27.1 Å². The van der Waals surface area contributed by atoms with Crippen LogP contribution in [0.1, 0.15) is 36.6 Å². The Morgan fingerprint density at radius 3 is 2.42 bits per heavy atom. The third kappa shape index (κ3) is 4.64. The number of fused-ring (bicyclic) bond motifs is 1. The van der Waals surface area contributed by atoms with Gasteiger partial charge in [-0.05, 0) is 52.0 Å². The molecule has 1 aromatic carbocycles. The Kier molecular flexibility index (Phi) is 5.77. The van der Waals surface area contributed by atoms with Gasteiger partial charge in [-0.1, -0.05) is 0 Å². The predicted molar refractivity (Wildman–Crippen MR) is 115 cm³/mol.